The fourth-order valence-corrected chi connectivity index (χ4v) is 0.856. The predicted molar refractivity (Wildman–Crippen MR) is 44.3 cm³/mol. The molecule has 0 aromatic heterocycles. The molecule has 1 rings (SSSR count). The van der Waals surface area contributed by atoms with Crippen LogP contribution in [0.25, 0.3) is 0 Å². The molecule has 0 aliphatic carbocycles. The highest BCUT2D eigenvalue weighted by Crippen LogP contribution is 1.96. The van der Waals surface area contributed by atoms with Gasteiger partial charge in [-0.3, -0.25) is 4.79 Å². The average Bonchev–Trinajstić information content (AvgIpc) is 2.15. The molecule has 1 aromatic carbocycles. The van der Waals surface area contributed by atoms with Crippen molar-refractivity contribution >= 4 is 5.91 Å². The molecule has 0 bridgehead atoms. The van der Waals surface area contributed by atoms with E-state index in [9.17, 15) is 9.90 Å². The van der Waals surface area contributed by atoms with Crippen LogP contribution in [0.15, 0.2) is 30.3 Å². The molecule has 0 saturated carbocycles. The van der Waals surface area contributed by atoms with Gasteiger partial charge in [0.25, 0.3) is 5.91 Å². The van der Waals surface area contributed by atoms with Crippen LogP contribution >= 0.6 is 0 Å². The Morgan fingerprint density at radius 3 is 2.50 bits per heavy atom. The van der Waals surface area contributed by atoms with E-state index in [0.29, 0.717) is 5.56 Å². The van der Waals surface area contributed by atoms with Gasteiger partial charge in [0.05, 0.1) is 6.61 Å². The van der Waals surface area contributed by atoms with Gasteiger partial charge in [0, 0.05) is 12.1 Å². The first kappa shape index (κ1) is 8.74. The number of amides is 1. The Kier molecular flexibility index (Phi) is 3.29. The Labute approximate surface area is 71.0 Å². The Bertz CT molecular complexity index is 246. The molecular weight excluding hydrogens is 154 g/mol. The molecule has 0 aliphatic rings. The van der Waals surface area contributed by atoms with Gasteiger partial charge >= 0.3 is 0 Å². The number of carbonyl (C=O) groups excluding carboxylic acids is 1. The van der Waals surface area contributed by atoms with E-state index in [1.54, 1.807) is 24.3 Å². The standard InChI is InChI=1S/C9H10NO2/c11-7-6-10-9(12)8-4-2-1-3-5-8/h1-5H,6-7H2,(H,10,12). The summed E-state index contributed by atoms with van der Waals surface area (Å²) in [6.07, 6.45) is 0. The summed E-state index contributed by atoms with van der Waals surface area (Å²) in [4.78, 5) is 11.2. The Morgan fingerprint density at radius 2 is 1.92 bits per heavy atom. The van der Waals surface area contributed by atoms with Crippen molar-refractivity contribution in [1.82, 2.24) is 5.32 Å². The number of hydrogen-bond acceptors (Lipinski definition) is 1. The van der Waals surface area contributed by atoms with Crippen molar-refractivity contribution in [2.45, 2.75) is 0 Å². The lowest BCUT2D eigenvalue weighted by molar-refractivity contribution is 0.0933. The second kappa shape index (κ2) is 4.51. The largest absolute Gasteiger partial charge is 0.350 e. The third kappa shape index (κ3) is 2.36. The number of benzene rings is 1. The monoisotopic (exact) mass is 164 g/mol. The van der Waals surface area contributed by atoms with E-state index >= 15 is 0 Å². The highest BCUT2D eigenvalue weighted by atomic mass is 16.3. The minimum Gasteiger partial charge on any atom is -0.350 e. The van der Waals surface area contributed by atoms with Crippen molar-refractivity contribution in [3.63, 3.8) is 0 Å². The zero-order valence-electron chi connectivity index (χ0n) is 6.62. The molecule has 0 saturated heterocycles. The van der Waals surface area contributed by atoms with Gasteiger partial charge in [0.15, 0.2) is 0 Å². The van der Waals surface area contributed by atoms with Crippen molar-refractivity contribution in [1.29, 1.82) is 0 Å². The summed E-state index contributed by atoms with van der Waals surface area (Å²) >= 11 is 0. The van der Waals surface area contributed by atoms with Crippen LogP contribution in [0.3, 0.4) is 0 Å². The molecular formula is C9H10NO2. The molecule has 63 valence electrons. The van der Waals surface area contributed by atoms with Crippen LogP contribution in [0.2, 0.25) is 0 Å². The van der Waals surface area contributed by atoms with Gasteiger partial charge in [-0.1, -0.05) is 18.2 Å². The highest BCUT2D eigenvalue weighted by molar-refractivity contribution is 5.94. The summed E-state index contributed by atoms with van der Waals surface area (Å²) in [5.74, 6) is -0.188. The van der Waals surface area contributed by atoms with Crippen molar-refractivity contribution < 1.29 is 9.90 Å². The summed E-state index contributed by atoms with van der Waals surface area (Å²) in [5, 5.41) is 12.5. The van der Waals surface area contributed by atoms with Gasteiger partial charge in [-0.25, -0.2) is 5.11 Å². The smallest absolute Gasteiger partial charge is 0.251 e. The van der Waals surface area contributed by atoms with Crippen LogP contribution in [-0.2, 0) is 5.11 Å². The van der Waals surface area contributed by atoms with Crippen LogP contribution in [0.4, 0.5) is 0 Å². The number of rotatable bonds is 3. The molecule has 0 unspecified atom stereocenters. The first-order valence-electron chi connectivity index (χ1n) is 3.76. The van der Waals surface area contributed by atoms with Crippen LogP contribution < -0.4 is 5.32 Å². The lowest BCUT2D eigenvalue weighted by atomic mass is 10.2. The zero-order valence-corrected chi connectivity index (χ0v) is 6.62. The summed E-state index contributed by atoms with van der Waals surface area (Å²) in [7, 11) is 0. The quantitative estimate of drug-likeness (QED) is 0.707. The van der Waals surface area contributed by atoms with Crippen molar-refractivity contribution in [3.8, 4) is 0 Å². The van der Waals surface area contributed by atoms with E-state index in [-0.39, 0.29) is 19.1 Å². The number of nitrogens with one attached hydrogen (secondary N) is 1. The lowest BCUT2D eigenvalue weighted by Gasteiger charge is -2.00. The van der Waals surface area contributed by atoms with Crippen molar-refractivity contribution in [2.24, 2.45) is 0 Å². The maximum absolute atomic E-state index is 11.2. The number of hydrogen-bond donors (Lipinski definition) is 1. The number of carbonyl (C=O) groups is 1. The zero-order chi connectivity index (χ0) is 8.81. The summed E-state index contributed by atoms with van der Waals surface area (Å²) in [5.41, 5.74) is 0.589. The molecule has 0 fully saturated rings. The molecule has 0 heterocycles. The maximum Gasteiger partial charge on any atom is 0.251 e. The predicted octanol–water partition coefficient (Wildman–Crippen LogP) is 0.847. The third-order valence-electron chi connectivity index (χ3n) is 1.42. The molecule has 0 atom stereocenters. The van der Waals surface area contributed by atoms with Crippen molar-refractivity contribution in [2.75, 3.05) is 13.2 Å². The Balaban J connectivity index is 2.54. The van der Waals surface area contributed by atoms with Gasteiger partial charge < -0.3 is 5.32 Å². The molecule has 0 spiro atoms. The fourth-order valence-electron chi connectivity index (χ4n) is 0.856. The minimum atomic E-state index is -0.279. The van der Waals surface area contributed by atoms with Crippen LogP contribution in [-0.4, -0.2) is 19.1 Å². The van der Waals surface area contributed by atoms with E-state index < -0.39 is 0 Å². The second-order valence-electron chi connectivity index (χ2n) is 2.33. The van der Waals surface area contributed by atoms with Gasteiger partial charge in [0.1, 0.15) is 0 Å². The van der Waals surface area contributed by atoms with E-state index in [2.05, 4.69) is 5.32 Å². The SMILES string of the molecule is [O]CCNC(=O)c1ccccc1. The first-order chi connectivity index (χ1) is 5.84. The van der Waals surface area contributed by atoms with Crippen LogP contribution in [0.1, 0.15) is 10.4 Å². The van der Waals surface area contributed by atoms with E-state index in [4.69, 9.17) is 0 Å². The first-order valence-corrected chi connectivity index (χ1v) is 3.76. The lowest BCUT2D eigenvalue weighted by Crippen LogP contribution is -2.25. The van der Waals surface area contributed by atoms with E-state index in [0.717, 1.165) is 0 Å². The van der Waals surface area contributed by atoms with Crippen LogP contribution in [0.5, 0.6) is 0 Å². The average molecular weight is 164 g/mol. The Hall–Kier alpha value is -1.35. The Morgan fingerprint density at radius 1 is 1.25 bits per heavy atom. The molecule has 3 nitrogen and oxygen atoms in total. The second-order valence-corrected chi connectivity index (χ2v) is 2.33. The summed E-state index contributed by atoms with van der Waals surface area (Å²) in [6.45, 7) is -0.0910. The topological polar surface area (TPSA) is 49.0 Å². The van der Waals surface area contributed by atoms with E-state index in [1.807, 2.05) is 6.07 Å². The van der Waals surface area contributed by atoms with Gasteiger partial charge in [-0.05, 0) is 12.1 Å². The molecule has 1 amide bonds. The molecule has 1 radical (unpaired) electrons. The molecule has 0 aliphatic heterocycles. The normalized spacial score (nSPS) is 9.42. The molecule has 12 heavy (non-hydrogen) atoms. The highest BCUT2D eigenvalue weighted by Gasteiger charge is 2.01. The molecule has 1 aromatic rings. The van der Waals surface area contributed by atoms with Gasteiger partial charge in [-0.2, -0.15) is 0 Å². The maximum atomic E-state index is 11.2. The third-order valence-corrected chi connectivity index (χ3v) is 1.42. The summed E-state index contributed by atoms with van der Waals surface area (Å²) in [6, 6.07) is 8.82. The summed E-state index contributed by atoms with van der Waals surface area (Å²) < 4.78 is 0. The molecule has 3 heteroatoms. The van der Waals surface area contributed by atoms with Crippen molar-refractivity contribution in [3.05, 3.63) is 35.9 Å². The van der Waals surface area contributed by atoms with E-state index in [1.165, 1.54) is 0 Å². The molecule has 1 N–H and O–H groups in total. The minimum absolute atomic E-state index is 0.188. The fraction of sp³-hybridized carbons (Fsp3) is 0.222. The van der Waals surface area contributed by atoms with Crippen LogP contribution in [0, 0.1) is 0 Å². The van der Waals surface area contributed by atoms with Gasteiger partial charge in [0.2, 0.25) is 0 Å². The van der Waals surface area contributed by atoms with Gasteiger partial charge in [-0.15, -0.1) is 0 Å².